The van der Waals surface area contributed by atoms with Crippen LogP contribution in [0.4, 0.5) is 0 Å². The molecule has 0 amide bonds. The lowest BCUT2D eigenvalue weighted by molar-refractivity contribution is 0.171. The molecule has 2 aliphatic heterocycles. The average Bonchev–Trinajstić information content (AvgIpc) is 2.96. The summed E-state index contributed by atoms with van der Waals surface area (Å²) in [5.41, 5.74) is 4.22. The number of piperidine rings is 1. The second kappa shape index (κ2) is 12.0. The lowest BCUT2D eigenvalue weighted by atomic mass is 10.0. The predicted molar refractivity (Wildman–Crippen MR) is 152 cm³/mol. The van der Waals surface area contributed by atoms with E-state index in [2.05, 4.69) is 39.5 Å². The maximum Gasteiger partial charge on any atom is 0.251 e. The lowest BCUT2D eigenvalue weighted by Gasteiger charge is -2.32. The van der Waals surface area contributed by atoms with Crippen LogP contribution in [-0.4, -0.2) is 53.3 Å². The molecule has 0 spiro atoms. The van der Waals surface area contributed by atoms with Gasteiger partial charge in [-0.2, -0.15) is 0 Å². The monoisotopic (exact) mass is 532 g/mol. The van der Waals surface area contributed by atoms with Crippen LogP contribution in [0.15, 0.2) is 77.9 Å². The number of nitrogens with one attached hydrogen (secondary N) is 1. The molecule has 1 N–H and O–H groups in total. The van der Waals surface area contributed by atoms with Crippen LogP contribution < -0.4 is 20.3 Å². The Morgan fingerprint density at radius 3 is 2.47 bits per heavy atom. The van der Waals surface area contributed by atoms with Gasteiger partial charge in [-0.05, 0) is 73.0 Å². The highest BCUT2D eigenvalue weighted by Gasteiger charge is 2.20. The first-order chi connectivity index (χ1) is 18.2. The largest absolute Gasteiger partial charge is 0.486 e. The van der Waals surface area contributed by atoms with Crippen molar-refractivity contribution in [1.82, 2.24) is 19.8 Å². The van der Waals surface area contributed by atoms with Crippen LogP contribution in [0, 0.1) is 0 Å². The Labute approximate surface area is 228 Å². The molecule has 38 heavy (non-hydrogen) atoms. The summed E-state index contributed by atoms with van der Waals surface area (Å²) in [4.78, 5) is 19.8. The first kappa shape index (κ1) is 26.2. The van der Waals surface area contributed by atoms with Gasteiger partial charge < -0.3 is 24.3 Å². The van der Waals surface area contributed by atoms with Gasteiger partial charge in [-0.3, -0.25) is 9.78 Å². The number of likely N-dealkylation sites (tertiary alicyclic amines) is 1. The van der Waals surface area contributed by atoms with Gasteiger partial charge in [0.25, 0.3) is 5.56 Å². The van der Waals surface area contributed by atoms with E-state index in [9.17, 15) is 4.79 Å². The molecule has 7 nitrogen and oxygen atoms in total. The number of pyridine rings is 2. The van der Waals surface area contributed by atoms with Crippen molar-refractivity contribution in [3.8, 4) is 22.6 Å². The zero-order chi connectivity index (χ0) is 25.0. The molecule has 0 saturated carbocycles. The second-order valence-electron chi connectivity index (χ2n) is 9.78. The molecule has 1 saturated heterocycles. The third-order valence-electron chi connectivity index (χ3n) is 7.44. The summed E-state index contributed by atoms with van der Waals surface area (Å²) in [7, 11) is 0. The molecule has 2 aliphatic rings. The minimum absolute atomic E-state index is 0. The molecule has 198 valence electrons. The standard InChI is InChI=1S/C30H32N4O3.ClH/c35-30-20-26(23-7-11-31-12-8-23)25-3-1-2-4-27(25)34(30)16-15-33-13-9-24(10-14-33)32-21-22-5-6-28-29(19-22)37-18-17-36-28;/h1-8,11-12,19-20,24,32H,9-10,13-18,21H2;1H. The first-order valence-corrected chi connectivity index (χ1v) is 13.1. The van der Waals surface area contributed by atoms with E-state index in [-0.39, 0.29) is 18.0 Å². The second-order valence-corrected chi connectivity index (χ2v) is 9.78. The molecule has 4 aromatic rings. The number of fused-ring (bicyclic) bond motifs is 2. The third kappa shape index (κ3) is 5.70. The number of ether oxygens (including phenoxy) is 2. The summed E-state index contributed by atoms with van der Waals surface area (Å²) < 4.78 is 13.3. The fourth-order valence-corrected chi connectivity index (χ4v) is 5.40. The van der Waals surface area contributed by atoms with E-state index >= 15 is 0 Å². The highest BCUT2D eigenvalue weighted by atomic mass is 35.5. The Kier molecular flexibility index (Phi) is 8.27. The van der Waals surface area contributed by atoms with Crippen molar-refractivity contribution in [3.63, 3.8) is 0 Å². The molecule has 1 fully saturated rings. The summed E-state index contributed by atoms with van der Waals surface area (Å²) in [6.07, 6.45) is 5.73. The number of aromatic nitrogens is 2. The zero-order valence-electron chi connectivity index (χ0n) is 21.3. The highest BCUT2D eigenvalue weighted by molar-refractivity contribution is 5.94. The summed E-state index contributed by atoms with van der Waals surface area (Å²) in [5, 5.41) is 4.80. The van der Waals surface area contributed by atoms with Gasteiger partial charge in [0, 0.05) is 49.5 Å². The van der Waals surface area contributed by atoms with Crippen molar-refractivity contribution in [1.29, 1.82) is 0 Å². The predicted octanol–water partition coefficient (Wildman–Crippen LogP) is 4.51. The van der Waals surface area contributed by atoms with Crippen molar-refractivity contribution in [2.24, 2.45) is 0 Å². The van der Waals surface area contributed by atoms with Crippen molar-refractivity contribution in [3.05, 3.63) is 89.0 Å². The molecule has 0 unspecified atom stereocenters. The molecule has 0 aliphatic carbocycles. The van der Waals surface area contributed by atoms with Gasteiger partial charge >= 0.3 is 0 Å². The number of halogens is 1. The van der Waals surface area contributed by atoms with Crippen molar-refractivity contribution >= 4 is 23.3 Å². The van der Waals surface area contributed by atoms with Gasteiger partial charge in [-0.25, -0.2) is 0 Å². The van der Waals surface area contributed by atoms with Gasteiger partial charge in [0.05, 0.1) is 5.52 Å². The van der Waals surface area contributed by atoms with E-state index in [4.69, 9.17) is 9.47 Å². The minimum Gasteiger partial charge on any atom is -0.486 e. The molecule has 0 atom stereocenters. The minimum atomic E-state index is 0. The smallest absolute Gasteiger partial charge is 0.251 e. The Morgan fingerprint density at radius 2 is 1.66 bits per heavy atom. The van der Waals surface area contributed by atoms with Crippen LogP contribution in [0.25, 0.3) is 22.0 Å². The van der Waals surface area contributed by atoms with Crippen molar-refractivity contribution < 1.29 is 9.47 Å². The summed E-state index contributed by atoms with van der Waals surface area (Å²) in [6.45, 7) is 5.66. The van der Waals surface area contributed by atoms with E-state index in [1.807, 2.05) is 34.9 Å². The number of para-hydroxylation sites is 1. The Bertz CT molecular complexity index is 1430. The number of benzene rings is 2. The number of nitrogens with zero attached hydrogens (tertiary/aromatic N) is 3. The van der Waals surface area contributed by atoms with Gasteiger partial charge in [-0.15, -0.1) is 12.4 Å². The van der Waals surface area contributed by atoms with Gasteiger partial charge in [0.2, 0.25) is 0 Å². The normalized spacial score (nSPS) is 15.8. The molecule has 6 rings (SSSR count). The zero-order valence-corrected chi connectivity index (χ0v) is 22.2. The summed E-state index contributed by atoms with van der Waals surface area (Å²) in [5.74, 6) is 1.68. The molecular formula is C30H33ClN4O3. The molecular weight excluding hydrogens is 500 g/mol. The average molecular weight is 533 g/mol. The van der Waals surface area contributed by atoms with E-state index in [1.165, 1.54) is 5.56 Å². The Hall–Kier alpha value is -3.39. The van der Waals surface area contributed by atoms with Crippen LogP contribution in [0.5, 0.6) is 11.5 Å². The first-order valence-electron chi connectivity index (χ1n) is 13.1. The molecule has 0 bridgehead atoms. The topological polar surface area (TPSA) is 68.6 Å². The number of hydrogen-bond donors (Lipinski definition) is 1. The highest BCUT2D eigenvalue weighted by Crippen LogP contribution is 2.31. The molecule has 4 heterocycles. The van der Waals surface area contributed by atoms with Crippen LogP contribution in [0.2, 0.25) is 0 Å². The molecule has 2 aromatic heterocycles. The summed E-state index contributed by atoms with van der Waals surface area (Å²) >= 11 is 0. The van der Waals surface area contributed by atoms with Gasteiger partial charge in [0.15, 0.2) is 11.5 Å². The molecule has 8 heteroatoms. The van der Waals surface area contributed by atoms with Crippen LogP contribution in [0.1, 0.15) is 18.4 Å². The van der Waals surface area contributed by atoms with Crippen LogP contribution in [-0.2, 0) is 13.1 Å². The molecule has 2 aromatic carbocycles. The Balaban J connectivity index is 0.00000294. The quantitative estimate of drug-likeness (QED) is 0.378. The van der Waals surface area contributed by atoms with Gasteiger partial charge in [-0.1, -0.05) is 24.3 Å². The van der Waals surface area contributed by atoms with Crippen molar-refractivity contribution in [2.75, 3.05) is 32.8 Å². The number of rotatable bonds is 7. The number of hydrogen-bond acceptors (Lipinski definition) is 6. The van der Waals surface area contributed by atoms with Crippen LogP contribution >= 0.6 is 12.4 Å². The van der Waals surface area contributed by atoms with E-state index in [0.717, 1.165) is 72.5 Å². The maximum absolute atomic E-state index is 13.2. The van der Waals surface area contributed by atoms with E-state index in [1.54, 1.807) is 18.5 Å². The lowest BCUT2D eigenvalue weighted by Crippen LogP contribution is -2.43. The van der Waals surface area contributed by atoms with E-state index in [0.29, 0.717) is 25.8 Å². The van der Waals surface area contributed by atoms with Crippen molar-refractivity contribution in [2.45, 2.75) is 32.0 Å². The SMILES string of the molecule is Cl.O=c1cc(-c2ccncc2)c2ccccc2n1CCN1CCC(NCc2ccc3c(c2)OCCO3)CC1. The Morgan fingerprint density at radius 1 is 0.895 bits per heavy atom. The fraction of sp³-hybridized carbons (Fsp3) is 0.333. The molecule has 0 radical (unpaired) electrons. The van der Waals surface area contributed by atoms with Crippen LogP contribution in [0.3, 0.4) is 0 Å². The van der Waals surface area contributed by atoms with E-state index < -0.39 is 0 Å². The fourth-order valence-electron chi connectivity index (χ4n) is 5.40. The summed E-state index contributed by atoms with van der Waals surface area (Å²) in [6, 6.07) is 20.6. The maximum atomic E-state index is 13.2. The van der Waals surface area contributed by atoms with Gasteiger partial charge in [0.1, 0.15) is 13.2 Å². The third-order valence-corrected chi connectivity index (χ3v) is 7.44.